The van der Waals surface area contributed by atoms with Gasteiger partial charge in [-0.05, 0) is 56.2 Å². The average Bonchev–Trinajstić information content (AvgIpc) is 2.69. The molecule has 142 valence electrons. The van der Waals surface area contributed by atoms with Gasteiger partial charge in [-0.3, -0.25) is 9.59 Å². The van der Waals surface area contributed by atoms with Gasteiger partial charge in [0.2, 0.25) is 0 Å². The normalized spacial score (nSPS) is 15.9. The molecule has 1 saturated heterocycles. The number of amides is 2. The van der Waals surface area contributed by atoms with Gasteiger partial charge >= 0.3 is 0 Å². The van der Waals surface area contributed by atoms with Crippen molar-refractivity contribution in [2.75, 3.05) is 13.1 Å². The Bertz CT molecular complexity index is 772. The van der Waals surface area contributed by atoms with Crippen molar-refractivity contribution in [2.24, 2.45) is 0 Å². The molecule has 1 N–H and O–H groups in total. The van der Waals surface area contributed by atoms with E-state index in [0.717, 1.165) is 0 Å². The molecule has 0 bridgehead atoms. The van der Waals surface area contributed by atoms with E-state index in [0.29, 0.717) is 37.2 Å². The average molecular weight is 370 g/mol. The molecule has 2 aromatic carbocycles. The van der Waals surface area contributed by atoms with Crippen molar-refractivity contribution >= 4 is 11.8 Å². The fourth-order valence-corrected chi connectivity index (χ4v) is 3.12. The van der Waals surface area contributed by atoms with Crippen molar-refractivity contribution < 1.29 is 18.7 Å². The van der Waals surface area contributed by atoms with Crippen LogP contribution in [0.5, 0.6) is 5.75 Å². The van der Waals surface area contributed by atoms with Gasteiger partial charge in [-0.2, -0.15) is 0 Å². The first-order valence-electron chi connectivity index (χ1n) is 9.10. The molecular formula is C21H23FN2O3. The van der Waals surface area contributed by atoms with Crippen LogP contribution < -0.4 is 10.1 Å². The number of hydrogen-bond donors (Lipinski definition) is 1. The van der Waals surface area contributed by atoms with E-state index < -0.39 is 6.10 Å². The SMILES string of the molecule is CC(Oc1ccccc1)C(=O)N1CCC(NC(=O)c2ccc(F)cc2)CC1. The zero-order chi connectivity index (χ0) is 19.2. The Morgan fingerprint density at radius 3 is 2.33 bits per heavy atom. The molecule has 2 amide bonds. The molecule has 0 radical (unpaired) electrons. The fourth-order valence-electron chi connectivity index (χ4n) is 3.12. The van der Waals surface area contributed by atoms with Crippen LogP contribution in [-0.2, 0) is 4.79 Å². The molecular weight excluding hydrogens is 347 g/mol. The maximum absolute atomic E-state index is 13.0. The molecule has 1 heterocycles. The van der Waals surface area contributed by atoms with E-state index in [4.69, 9.17) is 4.74 Å². The molecule has 0 aromatic heterocycles. The third kappa shape index (κ3) is 5.06. The van der Waals surface area contributed by atoms with Crippen LogP contribution in [0.1, 0.15) is 30.1 Å². The van der Waals surface area contributed by atoms with Crippen molar-refractivity contribution in [3.8, 4) is 5.75 Å². The minimum atomic E-state index is -0.558. The summed E-state index contributed by atoms with van der Waals surface area (Å²) < 4.78 is 18.6. The van der Waals surface area contributed by atoms with E-state index in [1.165, 1.54) is 24.3 Å². The zero-order valence-corrected chi connectivity index (χ0v) is 15.2. The van der Waals surface area contributed by atoms with Gasteiger partial charge < -0.3 is 15.0 Å². The number of rotatable bonds is 5. The molecule has 2 aromatic rings. The summed E-state index contributed by atoms with van der Waals surface area (Å²) >= 11 is 0. The Morgan fingerprint density at radius 2 is 1.70 bits per heavy atom. The fraction of sp³-hybridized carbons (Fsp3) is 0.333. The molecule has 1 aliphatic heterocycles. The summed E-state index contributed by atoms with van der Waals surface area (Å²) in [7, 11) is 0. The minimum absolute atomic E-state index is 0.00282. The number of nitrogens with zero attached hydrogens (tertiary/aromatic N) is 1. The summed E-state index contributed by atoms with van der Waals surface area (Å²) in [5.74, 6) is 0.0210. The van der Waals surface area contributed by atoms with Crippen LogP contribution in [0.25, 0.3) is 0 Å². The molecule has 0 spiro atoms. The number of piperidine rings is 1. The summed E-state index contributed by atoms with van der Waals surface area (Å²) in [5.41, 5.74) is 0.430. The Balaban J connectivity index is 1.47. The minimum Gasteiger partial charge on any atom is -0.481 e. The lowest BCUT2D eigenvalue weighted by atomic mass is 10.0. The van der Waals surface area contributed by atoms with Gasteiger partial charge in [-0.25, -0.2) is 4.39 Å². The number of para-hydroxylation sites is 1. The van der Waals surface area contributed by atoms with Crippen molar-refractivity contribution in [1.82, 2.24) is 10.2 Å². The number of ether oxygens (including phenoxy) is 1. The van der Waals surface area contributed by atoms with Crippen LogP contribution >= 0.6 is 0 Å². The number of benzene rings is 2. The second kappa shape index (κ2) is 8.66. The highest BCUT2D eigenvalue weighted by Gasteiger charge is 2.27. The summed E-state index contributed by atoms with van der Waals surface area (Å²) in [6, 6.07) is 14.7. The van der Waals surface area contributed by atoms with Crippen LogP contribution in [0.15, 0.2) is 54.6 Å². The Hall–Kier alpha value is -2.89. The Morgan fingerprint density at radius 1 is 1.07 bits per heavy atom. The molecule has 6 heteroatoms. The van der Waals surface area contributed by atoms with Crippen LogP contribution in [0.3, 0.4) is 0 Å². The lowest BCUT2D eigenvalue weighted by molar-refractivity contribution is -0.139. The predicted octanol–water partition coefficient (Wildman–Crippen LogP) is 3.01. The lowest BCUT2D eigenvalue weighted by Crippen LogP contribution is -2.49. The zero-order valence-electron chi connectivity index (χ0n) is 15.2. The topological polar surface area (TPSA) is 58.6 Å². The van der Waals surface area contributed by atoms with Gasteiger partial charge in [0.15, 0.2) is 6.10 Å². The Kier molecular flexibility index (Phi) is 6.06. The first kappa shape index (κ1) is 18.9. The molecule has 1 aliphatic rings. The van der Waals surface area contributed by atoms with Crippen molar-refractivity contribution in [2.45, 2.75) is 31.9 Å². The third-order valence-corrected chi connectivity index (χ3v) is 4.65. The maximum Gasteiger partial charge on any atom is 0.263 e. The molecule has 1 unspecified atom stereocenters. The highest BCUT2D eigenvalue weighted by atomic mass is 19.1. The maximum atomic E-state index is 13.0. The van der Waals surface area contributed by atoms with E-state index in [2.05, 4.69) is 5.32 Å². The van der Waals surface area contributed by atoms with Crippen molar-refractivity contribution in [1.29, 1.82) is 0 Å². The van der Waals surface area contributed by atoms with E-state index in [1.54, 1.807) is 11.8 Å². The molecule has 3 rings (SSSR count). The highest BCUT2D eigenvalue weighted by Crippen LogP contribution is 2.16. The molecule has 5 nitrogen and oxygen atoms in total. The number of likely N-dealkylation sites (tertiary alicyclic amines) is 1. The van der Waals surface area contributed by atoms with E-state index >= 15 is 0 Å². The van der Waals surface area contributed by atoms with Crippen LogP contribution in [0.2, 0.25) is 0 Å². The quantitative estimate of drug-likeness (QED) is 0.880. The van der Waals surface area contributed by atoms with Crippen molar-refractivity contribution in [3.63, 3.8) is 0 Å². The monoisotopic (exact) mass is 370 g/mol. The number of nitrogens with one attached hydrogen (secondary N) is 1. The van der Waals surface area contributed by atoms with Gasteiger partial charge in [0.05, 0.1) is 0 Å². The summed E-state index contributed by atoms with van der Waals surface area (Å²) in [4.78, 5) is 26.6. The first-order valence-corrected chi connectivity index (χ1v) is 9.10. The van der Waals surface area contributed by atoms with Crippen LogP contribution in [0, 0.1) is 5.82 Å². The predicted molar refractivity (Wildman–Crippen MR) is 100 cm³/mol. The van der Waals surface area contributed by atoms with E-state index in [9.17, 15) is 14.0 Å². The highest BCUT2D eigenvalue weighted by molar-refractivity contribution is 5.94. The van der Waals surface area contributed by atoms with Crippen LogP contribution in [0.4, 0.5) is 4.39 Å². The van der Waals surface area contributed by atoms with Crippen molar-refractivity contribution in [3.05, 3.63) is 66.0 Å². The van der Waals surface area contributed by atoms with Gasteiger partial charge in [-0.1, -0.05) is 18.2 Å². The lowest BCUT2D eigenvalue weighted by Gasteiger charge is -2.33. The molecule has 1 atom stereocenters. The van der Waals surface area contributed by atoms with Gasteiger partial charge in [-0.15, -0.1) is 0 Å². The number of halogens is 1. The smallest absolute Gasteiger partial charge is 0.263 e. The third-order valence-electron chi connectivity index (χ3n) is 4.65. The standard InChI is InChI=1S/C21H23FN2O3/c1-15(27-19-5-3-2-4-6-19)21(26)24-13-11-18(12-14-24)23-20(25)16-7-9-17(22)10-8-16/h2-10,15,18H,11-14H2,1H3,(H,23,25). The van der Waals surface area contributed by atoms with Crippen LogP contribution in [-0.4, -0.2) is 41.9 Å². The van der Waals surface area contributed by atoms with Gasteiger partial charge in [0.1, 0.15) is 11.6 Å². The summed E-state index contributed by atoms with van der Waals surface area (Å²) in [6.45, 7) is 2.88. The molecule has 27 heavy (non-hydrogen) atoms. The second-order valence-corrected chi connectivity index (χ2v) is 6.65. The largest absolute Gasteiger partial charge is 0.481 e. The number of carbonyl (C=O) groups is 2. The number of hydrogen-bond acceptors (Lipinski definition) is 3. The van der Waals surface area contributed by atoms with Gasteiger partial charge in [0, 0.05) is 24.7 Å². The van der Waals surface area contributed by atoms with E-state index in [1.807, 2.05) is 30.3 Å². The molecule has 0 aliphatic carbocycles. The van der Waals surface area contributed by atoms with Gasteiger partial charge in [0.25, 0.3) is 11.8 Å². The summed E-state index contributed by atoms with van der Waals surface area (Å²) in [5, 5.41) is 2.95. The first-order chi connectivity index (χ1) is 13.0. The Labute approximate surface area is 158 Å². The second-order valence-electron chi connectivity index (χ2n) is 6.65. The molecule has 0 saturated carbocycles. The van der Waals surface area contributed by atoms with E-state index in [-0.39, 0.29) is 23.7 Å². The summed E-state index contributed by atoms with van der Waals surface area (Å²) in [6.07, 6.45) is 0.797. The molecule has 1 fully saturated rings. The number of carbonyl (C=O) groups excluding carboxylic acids is 2.